The Hall–Kier alpha value is -2.79. The number of sulfonamides is 1. The Morgan fingerprint density at radius 2 is 1.75 bits per heavy atom. The number of nitrogens with zero attached hydrogens (tertiary/aromatic N) is 4. The Labute approximate surface area is 164 Å². The van der Waals surface area contributed by atoms with Crippen LogP contribution in [0, 0.1) is 11.3 Å². The number of para-hydroxylation sites is 1. The van der Waals surface area contributed by atoms with Gasteiger partial charge in [-0.15, -0.1) is 0 Å². The van der Waals surface area contributed by atoms with Gasteiger partial charge in [0.05, 0.1) is 22.0 Å². The standard InChI is InChI=1S/C21H20N4O2S/c22-15-17-4-1-8-20(14-17)28(26,27)25-12-10-24(11-13-25)16-19-6-2-5-18-7-3-9-23-21(18)19/h1-9,14H,10-13,16H2. The zero-order valence-corrected chi connectivity index (χ0v) is 16.1. The van der Waals surface area contributed by atoms with Crippen molar-refractivity contribution in [1.29, 1.82) is 5.26 Å². The van der Waals surface area contributed by atoms with Crippen LogP contribution in [-0.2, 0) is 16.6 Å². The second kappa shape index (κ2) is 7.68. The zero-order valence-electron chi connectivity index (χ0n) is 15.3. The van der Waals surface area contributed by atoms with Crippen molar-refractivity contribution in [3.8, 4) is 6.07 Å². The first kappa shape index (κ1) is 18.6. The number of aromatic nitrogens is 1. The molecule has 0 unspecified atom stereocenters. The lowest BCUT2D eigenvalue weighted by Crippen LogP contribution is -2.48. The van der Waals surface area contributed by atoms with Gasteiger partial charge in [0.25, 0.3) is 0 Å². The van der Waals surface area contributed by atoms with E-state index in [2.05, 4.69) is 16.0 Å². The van der Waals surface area contributed by atoms with Gasteiger partial charge in [-0.25, -0.2) is 8.42 Å². The van der Waals surface area contributed by atoms with Crippen LogP contribution in [0.25, 0.3) is 10.9 Å². The summed E-state index contributed by atoms with van der Waals surface area (Å²) in [7, 11) is -3.58. The van der Waals surface area contributed by atoms with E-state index in [-0.39, 0.29) is 4.90 Å². The fourth-order valence-electron chi connectivity index (χ4n) is 3.54. The number of benzene rings is 2. The Balaban J connectivity index is 1.46. The molecule has 142 valence electrons. The molecule has 1 aromatic heterocycles. The molecule has 4 rings (SSSR count). The summed E-state index contributed by atoms with van der Waals surface area (Å²) in [5, 5.41) is 10.1. The predicted molar refractivity (Wildman–Crippen MR) is 107 cm³/mol. The van der Waals surface area contributed by atoms with E-state index < -0.39 is 10.0 Å². The first-order valence-corrected chi connectivity index (χ1v) is 10.6. The molecule has 0 saturated carbocycles. The maximum atomic E-state index is 12.9. The summed E-state index contributed by atoms with van der Waals surface area (Å²) in [5.74, 6) is 0. The van der Waals surface area contributed by atoms with Gasteiger partial charge in [0.2, 0.25) is 10.0 Å². The summed E-state index contributed by atoms with van der Waals surface area (Å²) in [6.45, 7) is 2.90. The van der Waals surface area contributed by atoms with E-state index >= 15 is 0 Å². The van der Waals surface area contributed by atoms with E-state index in [4.69, 9.17) is 5.26 Å². The van der Waals surface area contributed by atoms with E-state index in [9.17, 15) is 8.42 Å². The average molecular weight is 392 g/mol. The van der Waals surface area contributed by atoms with Gasteiger partial charge in [0.15, 0.2) is 0 Å². The minimum atomic E-state index is -3.58. The summed E-state index contributed by atoms with van der Waals surface area (Å²) in [6.07, 6.45) is 1.80. The fraction of sp³-hybridized carbons (Fsp3) is 0.238. The molecular formula is C21H20N4O2S. The SMILES string of the molecule is N#Cc1cccc(S(=O)(=O)N2CCN(Cc3cccc4cccnc34)CC2)c1. The Morgan fingerprint density at radius 1 is 1.00 bits per heavy atom. The molecule has 0 N–H and O–H groups in total. The highest BCUT2D eigenvalue weighted by Crippen LogP contribution is 2.21. The molecular weight excluding hydrogens is 372 g/mol. The Bertz CT molecular complexity index is 1140. The smallest absolute Gasteiger partial charge is 0.243 e. The molecule has 0 atom stereocenters. The van der Waals surface area contributed by atoms with Crippen molar-refractivity contribution in [3.05, 3.63) is 71.9 Å². The number of nitriles is 1. The normalized spacial score (nSPS) is 16.1. The molecule has 6 nitrogen and oxygen atoms in total. The summed E-state index contributed by atoms with van der Waals surface area (Å²) in [6, 6.07) is 18.3. The molecule has 0 amide bonds. The van der Waals surface area contributed by atoms with E-state index in [1.165, 1.54) is 10.4 Å². The van der Waals surface area contributed by atoms with Crippen molar-refractivity contribution in [1.82, 2.24) is 14.2 Å². The minimum absolute atomic E-state index is 0.179. The third kappa shape index (κ3) is 3.62. The fourth-order valence-corrected chi connectivity index (χ4v) is 5.01. The van der Waals surface area contributed by atoms with Crippen LogP contribution in [0.1, 0.15) is 11.1 Å². The Morgan fingerprint density at radius 3 is 2.54 bits per heavy atom. The summed E-state index contributed by atoms with van der Waals surface area (Å²) < 4.78 is 27.3. The predicted octanol–water partition coefficient (Wildman–Crippen LogP) is 2.61. The van der Waals surface area contributed by atoms with Crippen molar-refractivity contribution in [3.63, 3.8) is 0 Å². The number of rotatable bonds is 4. The van der Waals surface area contributed by atoms with Crippen LogP contribution in [0.2, 0.25) is 0 Å². The van der Waals surface area contributed by atoms with Gasteiger partial charge in [-0.3, -0.25) is 9.88 Å². The highest BCUT2D eigenvalue weighted by Gasteiger charge is 2.28. The highest BCUT2D eigenvalue weighted by molar-refractivity contribution is 7.89. The topological polar surface area (TPSA) is 77.3 Å². The molecule has 1 aliphatic heterocycles. The molecule has 28 heavy (non-hydrogen) atoms. The number of hydrogen-bond donors (Lipinski definition) is 0. The maximum absolute atomic E-state index is 12.9. The second-order valence-corrected chi connectivity index (χ2v) is 8.75. The van der Waals surface area contributed by atoms with Crippen LogP contribution < -0.4 is 0 Å². The van der Waals surface area contributed by atoms with Crippen LogP contribution in [0.15, 0.2) is 65.7 Å². The van der Waals surface area contributed by atoms with Crippen LogP contribution in [0.3, 0.4) is 0 Å². The quantitative estimate of drug-likeness (QED) is 0.682. The third-order valence-corrected chi connectivity index (χ3v) is 6.94. The Kier molecular flexibility index (Phi) is 5.09. The molecule has 1 aliphatic rings. The number of hydrogen-bond acceptors (Lipinski definition) is 5. The largest absolute Gasteiger partial charge is 0.296 e. The van der Waals surface area contributed by atoms with Gasteiger partial charge in [-0.2, -0.15) is 9.57 Å². The van der Waals surface area contributed by atoms with Crippen LogP contribution >= 0.6 is 0 Å². The summed E-state index contributed by atoms with van der Waals surface area (Å²) in [5.41, 5.74) is 2.49. The molecule has 2 aromatic carbocycles. The van der Waals surface area contributed by atoms with Gasteiger partial charge in [-0.05, 0) is 29.8 Å². The van der Waals surface area contributed by atoms with Crippen molar-refractivity contribution in [2.24, 2.45) is 0 Å². The van der Waals surface area contributed by atoms with Gasteiger partial charge in [0, 0.05) is 44.3 Å². The molecule has 1 saturated heterocycles. The van der Waals surface area contributed by atoms with Gasteiger partial charge < -0.3 is 0 Å². The van der Waals surface area contributed by atoms with Gasteiger partial charge in [-0.1, -0.05) is 30.3 Å². The van der Waals surface area contributed by atoms with Crippen LogP contribution in [-0.4, -0.2) is 48.8 Å². The summed E-state index contributed by atoms with van der Waals surface area (Å²) in [4.78, 5) is 6.93. The first-order valence-electron chi connectivity index (χ1n) is 9.13. The van der Waals surface area contributed by atoms with Crippen molar-refractivity contribution in [2.45, 2.75) is 11.4 Å². The zero-order chi connectivity index (χ0) is 19.6. The van der Waals surface area contributed by atoms with Crippen molar-refractivity contribution in [2.75, 3.05) is 26.2 Å². The monoisotopic (exact) mass is 392 g/mol. The molecule has 0 radical (unpaired) electrons. The number of piperazine rings is 1. The molecule has 3 aromatic rings. The third-order valence-electron chi connectivity index (χ3n) is 5.04. The molecule has 2 heterocycles. The molecule has 1 fully saturated rings. The lowest BCUT2D eigenvalue weighted by molar-refractivity contribution is 0.182. The lowest BCUT2D eigenvalue weighted by atomic mass is 10.1. The maximum Gasteiger partial charge on any atom is 0.243 e. The van der Waals surface area contributed by atoms with Gasteiger partial charge >= 0.3 is 0 Å². The highest BCUT2D eigenvalue weighted by atomic mass is 32.2. The first-order chi connectivity index (χ1) is 13.6. The van der Waals surface area contributed by atoms with Crippen LogP contribution in [0.4, 0.5) is 0 Å². The van der Waals surface area contributed by atoms with E-state index in [0.29, 0.717) is 31.7 Å². The second-order valence-electron chi connectivity index (χ2n) is 6.81. The van der Waals surface area contributed by atoms with E-state index in [1.54, 1.807) is 24.4 Å². The minimum Gasteiger partial charge on any atom is -0.296 e. The van der Waals surface area contributed by atoms with E-state index in [1.807, 2.05) is 30.3 Å². The van der Waals surface area contributed by atoms with Crippen molar-refractivity contribution >= 4 is 20.9 Å². The molecule has 0 aliphatic carbocycles. The molecule has 0 bridgehead atoms. The van der Waals surface area contributed by atoms with Crippen LogP contribution in [0.5, 0.6) is 0 Å². The van der Waals surface area contributed by atoms with Gasteiger partial charge in [0.1, 0.15) is 0 Å². The lowest BCUT2D eigenvalue weighted by Gasteiger charge is -2.34. The number of fused-ring (bicyclic) bond motifs is 1. The number of pyridine rings is 1. The summed E-state index contributed by atoms with van der Waals surface area (Å²) >= 11 is 0. The van der Waals surface area contributed by atoms with Crippen molar-refractivity contribution < 1.29 is 8.42 Å². The molecule has 0 spiro atoms. The molecule has 7 heteroatoms. The average Bonchev–Trinajstić information content (AvgIpc) is 2.74. The van der Waals surface area contributed by atoms with E-state index in [0.717, 1.165) is 23.0 Å².